The first-order valence-electron chi connectivity index (χ1n) is 18.8. The Kier molecular flexibility index (Phi) is 7.45. The van der Waals surface area contributed by atoms with Gasteiger partial charge in [-0.25, -0.2) is 15.0 Å². The molecular weight excluding hydrogens is 687 g/mol. The van der Waals surface area contributed by atoms with Crippen LogP contribution >= 0.6 is 0 Å². The first-order valence-corrected chi connectivity index (χ1v) is 18.8. The fourth-order valence-electron chi connectivity index (χ4n) is 8.09. The molecule has 1 atom stereocenters. The number of fused-ring (bicyclic) bond motifs is 7. The van der Waals surface area contributed by atoms with Crippen LogP contribution in [-0.4, -0.2) is 19.5 Å². The van der Waals surface area contributed by atoms with Crippen molar-refractivity contribution >= 4 is 27.7 Å². The van der Waals surface area contributed by atoms with Gasteiger partial charge in [-0.1, -0.05) is 146 Å². The number of furan rings is 1. The van der Waals surface area contributed by atoms with E-state index in [1.807, 2.05) is 36.4 Å². The molecule has 0 saturated carbocycles. The quantitative estimate of drug-likeness (QED) is 0.185. The van der Waals surface area contributed by atoms with E-state index in [1.165, 1.54) is 5.56 Å². The van der Waals surface area contributed by atoms with E-state index >= 15 is 0 Å². The van der Waals surface area contributed by atoms with E-state index in [9.17, 15) is 0 Å². The van der Waals surface area contributed by atoms with Crippen LogP contribution in [0.4, 0.5) is 5.69 Å². The predicted octanol–water partition coefficient (Wildman–Crippen LogP) is 12.4. The molecule has 1 unspecified atom stereocenters. The molecule has 0 fully saturated rings. The second-order valence-corrected chi connectivity index (χ2v) is 14.1. The molecule has 56 heavy (non-hydrogen) atoms. The monoisotopic (exact) mass is 719 g/mol. The third kappa shape index (κ3) is 5.30. The van der Waals surface area contributed by atoms with Gasteiger partial charge in [0.15, 0.2) is 23.1 Å². The Hall–Kier alpha value is -7.57. The van der Waals surface area contributed by atoms with Gasteiger partial charge in [0.2, 0.25) is 0 Å². The molecule has 264 valence electrons. The molecule has 11 rings (SSSR count). The summed E-state index contributed by atoms with van der Waals surface area (Å²) in [4.78, 5) is 15.3. The maximum atomic E-state index is 6.98. The summed E-state index contributed by atoms with van der Waals surface area (Å²) in [6, 6.07) is 64.8. The fraction of sp³-hybridized carbons (Fsp3) is 0.0200. The van der Waals surface area contributed by atoms with Crippen LogP contribution < -0.4 is 5.32 Å². The number of para-hydroxylation sites is 2. The highest BCUT2D eigenvalue weighted by Gasteiger charge is 2.34. The fourth-order valence-corrected chi connectivity index (χ4v) is 8.09. The van der Waals surface area contributed by atoms with E-state index in [1.54, 1.807) is 0 Å². The summed E-state index contributed by atoms with van der Waals surface area (Å²) in [7, 11) is 0. The normalized spacial score (nSPS) is 13.3. The van der Waals surface area contributed by atoms with Crippen LogP contribution in [0, 0.1) is 0 Å². The van der Waals surface area contributed by atoms with E-state index < -0.39 is 0 Å². The minimum atomic E-state index is -0.125. The average molecular weight is 720 g/mol. The zero-order valence-corrected chi connectivity index (χ0v) is 30.2. The zero-order chi connectivity index (χ0) is 37.0. The number of hydrogen-bond acceptors (Lipinski definition) is 5. The second-order valence-electron chi connectivity index (χ2n) is 14.1. The van der Waals surface area contributed by atoms with Gasteiger partial charge in [0.05, 0.1) is 22.6 Å². The van der Waals surface area contributed by atoms with E-state index in [4.69, 9.17) is 19.4 Å². The van der Waals surface area contributed by atoms with Crippen molar-refractivity contribution in [3.05, 3.63) is 199 Å². The number of anilines is 1. The molecule has 0 amide bonds. The summed E-state index contributed by atoms with van der Waals surface area (Å²) in [5, 5.41) is 4.92. The van der Waals surface area contributed by atoms with Crippen molar-refractivity contribution in [3.63, 3.8) is 0 Å². The molecule has 0 radical (unpaired) electrons. The average Bonchev–Trinajstić information content (AvgIpc) is 3.82. The molecular formula is C50H33N5O. The first kappa shape index (κ1) is 31.9. The van der Waals surface area contributed by atoms with Gasteiger partial charge in [-0.05, 0) is 59.2 Å². The molecule has 0 aliphatic carbocycles. The van der Waals surface area contributed by atoms with E-state index in [0.29, 0.717) is 17.5 Å². The van der Waals surface area contributed by atoms with E-state index in [0.717, 1.165) is 78.1 Å². The Labute approximate surface area is 323 Å². The van der Waals surface area contributed by atoms with Gasteiger partial charge in [-0.15, -0.1) is 0 Å². The Balaban J connectivity index is 1.12. The molecule has 0 saturated heterocycles. The standard InChI is InChI=1S/C50H33N5O/c1-4-16-32(17-5-1)35-22-14-23-36(30-35)49-52-48(34-20-8-3-9-21-34)53-50(54-49)37-24-15-25-38(31-37)55-42-29-13-11-27-40(42)47-45(55)43-44(33-18-6-2-7-19-33)51-41-28-12-10-26-39(41)46(43)56-47/h1-31,44,51H. The van der Waals surface area contributed by atoms with Gasteiger partial charge < -0.3 is 14.3 Å². The van der Waals surface area contributed by atoms with E-state index in [2.05, 4.69) is 162 Å². The smallest absolute Gasteiger partial charge is 0.164 e. The molecule has 4 heterocycles. The van der Waals surface area contributed by atoms with Gasteiger partial charge >= 0.3 is 0 Å². The molecule has 3 aromatic heterocycles. The van der Waals surface area contributed by atoms with Crippen molar-refractivity contribution < 1.29 is 4.42 Å². The third-order valence-electron chi connectivity index (χ3n) is 10.7. The molecule has 1 aliphatic heterocycles. The zero-order valence-electron chi connectivity index (χ0n) is 30.2. The van der Waals surface area contributed by atoms with Gasteiger partial charge in [-0.2, -0.15) is 0 Å². The highest BCUT2D eigenvalue weighted by atomic mass is 16.3. The minimum Gasteiger partial charge on any atom is -0.453 e. The molecule has 1 aliphatic rings. The van der Waals surface area contributed by atoms with Crippen molar-refractivity contribution in [3.8, 4) is 62.3 Å². The largest absolute Gasteiger partial charge is 0.453 e. The maximum Gasteiger partial charge on any atom is 0.164 e. The summed E-state index contributed by atoms with van der Waals surface area (Å²) in [6.07, 6.45) is 0. The summed E-state index contributed by atoms with van der Waals surface area (Å²) >= 11 is 0. The van der Waals surface area contributed by atoms with Crippen LogP contribution in [0.2, 0.25) is 0 Å². The number of benzene rings is 7. The Morgan fingerprint density at radius 2 is 1.05 bits per heavy atom. The van der Waals surface area contributed by atoms with Crippen LogP contribution in [0.15, 0.2) is 192 Å². The lowest BCUT2D eigenvalue weighted by Crippen LogP contribution is -2.18. The molecule has 10 aromatic rings. The second kappa shape index (κ2) is 13.1. The highest BCUT2D eigenvalue weighted by molar-refractivity contribution is 6.10. The summed E-state index contributed by atoms with van der Waals surface area (Å²) in [5.74, 6) is 2.72. The Morgan fingerprint density at radius 1 is 0.482 bits per heavy atom. The highest BCUT2D eigenvalue weighted by Crippen LogP contribution is 2.50. The minimum absolute atomic E-state index is 0.125. The van der Waals surface area contributed by atoms with Crippen molar-refractivity contribution in [2.45, 2.75) is 6.04 Å². The lowest BCUT2D eigenvalue weighted by molar-refractivity contribution is 0.626. The molecule has 1 N–H and O–H groups in total. The number of nitrogens with zero attached hydrogens (tertiary/aromatic N) is 4. The number of hydrogen-bond donors (Lipinski definition) is 1. The van der Waals surface area contributed by atoms with Crippen molar-refractivity contribution in [1.82, 2.24) is 19.5 Å². The maximum absolute atomic E-state index is 6.98. The van der Waals surface area contributed by atoms with Crippen LogP contribution in [0.3, 0.4) is 0 Å². The van der Waals surface area contributed by atoms with Crippen LogP contribution in [0.25, 0.3) is 84.3 Å². The van der Waals surface area contributed by atoms with Crippen molar-refractivity contribution in [1.29, 1.82) is 0 Å². The first-order chi connectivity index (χ1) is 27.8. The molecule has 0 spiro atoms. The predicted molar refractivity (Wildman–Crippen MR) is 226 cm³/mol. The number of nitrogens with one attached hydrogen (secondary N) is 1. The lowest BCUT2D eigenvalue weighted by Gasteiger charge is -2.27. The molecule has 0 bridgehead atoms. The Morgan fingerprint density at radius 3 is 1.82 bits per heavy atom. The van der Waals surface area contributed by atoms with E-state index in [-0.39, 0.29) is 6.04 Å². The summed E-state index contributed by atoms with van der Waals surface area (Å²) in [5.41, 5.74) is 13.3. The van der Waals surface area contributed by atoms with Crippen LogP contribution in [0.1, 0.15) is 17.2 Å². The summed E-state index contributed by atoms with van der Waals surface area (Å²) in [6.45, 7) is 0. The number of rotatable bonds is 6. The molecule has 7 aromatic carbocycles. The SMILES string of the molecule is c1ccc(-c2cccc(-c3nc(-c4ccccc4)nc(-c4cccc(-n5c6ccccc6c6oc7c(c65)C(c5ccccc5)Nc5ccccc5-7)c4)n3)c2)cc1. The van der Waals surface area contributed by atoms with Crippen LogP contribution in [-0.2, 0) is 0 Å². The lowest BCUT2D eigenvalue weighted by atomic mass is 9.91. The van der Waals surface area contributed by atoms with Crippen molar-refractivity contribution in [2.75, 3.05) is 5.32 Å². The number of aromatic nitrogens is 4. The summed E-state index contributed by atoms with van der Waals surface area (Å²) < 4.78 is 9.32. The topological polar surface area (TPSA) is 68.8 Å². The Bertz CT molecular complexity index is 3060. The molecule has 6 heteroatoms. The van der Waals surface area contributed by atoms with Gasteiger partial charge in [0, 0.05) is 39.0 Å². The van der Waals surface area contributed by atoms with Gasteiger partial charge in [0.25, 0.3) is 0 Å². The van der Waals surface area contributed by atoms with Crippen molar-refractivity contribution in [2.24, 2.45) is 0 Å². The third-order valence-corrected chi connectivity index (χ3v) is 10.7. The van der Waals surface area contributed by atoms with Gasteiger partial charge in [0.1, 0.15) is 5.76 Å². The van der Waals surface area contributed by atoms with Gasteiger partial charge in [-0.3, -0.25) is 0 Å². The molecule has 6 nitrogen and oxygen atoms in total. The van der Waals surface area contributed by atoms with Crippen LogP contribution in [0.5, 0.6) is 0 Å².